The van der Waals surface area contributed by atoms with E-state index in [4.69, 9.17) is 15.0 Å². The van der Waals surface area contributed by atoms with Crippen molar-refractivity contribution in [3.05, 3.63) is 206 Å². The Bertz CT molecular complexity index is 2950. The first-order valence-electron chi connectivity index (χ1n) is 18.5. The van der Waals surface area contributed by atoms with Gasteiger partial charge in [0, 0.05) is 33.2 Å². The third kappa shape index (κ3) is 5.96. The number of fused-ring (bicyclic) bond motifs is 3. The molecule has 0 unspecified atom stereocenters. The Hall–Kier alpha value is -7.43. The van der Waals surface area contributed by atoms with Crippen molar-refractivity contribution >= 4 is 21.8 Å². The molecule has 0 spiro atoms. The summed E-state index contributed by atoms with van der Waals surface area (Å²) >= 11 is 0. The fourth-order valence-corrected chi connectivity index (χ4v) is 7.68. The van der Waals surface area contributed by atoms with Crippen molar-refractivity contribution in [2.45, 2.75) is 0 Å². The van der Waals surface area contributed by atoms with Gasteiger partial charge in [0.1, 0.15) is 0 Å². The molecule has 8 aromatic carbocycles. The lowest BCUT2D eigenvalue weighted by atomic mass is 9.98. The lowest BCUT2D eigenvalue weighted by Crippen LogP contribution is -2.01. The summed E-state index contributed by atoms with van der Waals surface area (Å²) in [5.41, 5.74) is 13.1. The maximum absolute atomic E-state index is 5.15. The molecular formula is C51H34N4. The van der Waals surface area contributed by atoms with Crippen LogP contribution in [0.3, 0.4) is 0 Å². The van der Waals surface area contributed by atoms with Gasteiger partial charge >= 0.3 is 0 Å². The first-order chi connectivity index (χ1) is 27.3. The zero-order valence-corrected chi connectivity index (χ0v) is 29.9. The molecule has 0 amide bonds. The van der Waals surface area contributed by atoms with E-state index in [1.165, 1.54) is 38.5 Å². The van der Waals surface area contributed by atoms with Gasteiger partial charge in [-0.3, -0.25) is 0 Å². The summed E-state index contributed by atoms with van der Waals surface area (Å²) in [6.07, 6.45) is 0. The first kappa shape index (κ1) is 32.2. The van der Waals surface area contributed by atoms with Crippen LogP contribution in [0.25, 0.3) is 95.0 Å². The van der Waals surface area contributed by atoms with Gasteiger partial charge in [-0.2, -0.15) is 0 Å². The van der Waals surface area contributed by atoms with E-state index in [1.54, 1.807) is 0 Å². The zero-order chi connectivity index (χ0) is 36.6. The maximum atomic E-state index is 5.15. The van der Waals surface area contributed by atoms with Crippen LogP contribution in [0.15, 0.2) is 206 Å². The molecule has 0 atom stereocenters. The Balaban J connectivity index is 1.11. The van der Waals surface area contributed by atoms with Crippen LogP contribution in [0, 0.1) is 0 Å². The third-order valence-electron chi connectivity index (χ3n) is 10.3. The SMILES string of the molecule is c1ccc(-c2ccc(-c3nc(-c4ccccc4)nc(-c4ccccc4-c4cccc(-n5c6ccccc6c6c(-c7ccccc7)cccc65)c4)n3)cc2)cc1. The molecule has 4 heteroatoms. The number of benzene rings is 8. The van der Waals surface area contributed by atoms with Gasteiger partial charge in [0.2, 0.25) is 0 Å². The second-order valence-corrected chi connectivity index (χ2v) is 13.6. The van der Waals surface area contributed by atoms with E-state index in [1.807, 2.05) is 36.4 Å². The molecule has 10 rings (SSSR count). The molecule has 258 valence electrons. The normalized spacial score (nSPS) is 11.3. The van der Waals surface area contributed by atoms with E-state index < -0.39 is 0 Å². The smallest absolute Gasteiger partial charge is 0.164 e. The summed E-state index contributed by atoms with van der Waals surface area (Å²) in [6, 6.07) is 72.2. The van der Waals surface area contributed by atoms with E-state index in [-0.39, 0.29) is 0 Å². The van der Waals surface area contributed by atoms with Crippen LogP contribution in [0.5, 0.6) is 0 Å². The van der Waals surface area contributed by atoms with Crippen LogP contribution in [0.2, 0.25) is 0 Å². The highest BCUT2D eigenvalue weighted by atomic mass is 15.0. The van der Waals surface area contributed by atoms with E-state index >= 15 is 0 Å². The first-order valence-corrected chi connectivity index (χ1v) is 18.5. The minimum absolute atomic E-state index is 0.626. The molecule has 4 nitrogen and oxygen atoms in total. The average Bonchev–Trinajstić information content (AvgIpc) is 3.62. The lowest BCUT2D eigenvalue weighted by Gasteiger charge is -2.14. The summed E-state index contributed by atoms with van der Waals surface area (Å²) in [5, 5.41) is 2.48. The molecule has 10 aromatic rings. The highest BCUT2D eigenvalue weighted by Crippen LogP contribution is 2.40. The Morgan fingerprint density at radius 3 is 1.49 bits per heavy atom. The van der Waals surface area contributed by atoms with Gasteiger partial charge < -0.3 is 4.57 Å². The van der Waals surface area contributed by atoms with Crippen LogP contribution in [-0.4, -0.2) is 19.5 Å². The largest absolute Gasteiger partial charge is 0.309 e. The number of para-hydroxylation sites is 1. The van der Waals surface area contributed by atoms with Gasteiger partial charge in [0.25, 0.3) is 0 Å². The van der Waals surface area contributed by atoms with Crippen molar-refractivity contribution in [3.8, 4) is 73.2 Å². The summed E-state index contributed by atoms with van der Waals surface area (Å²) in [4.78, 5) is 15.3. The standard InChI is InChI=1S/C51H34N4/c1-4-16-35(17-5-1)36-30-32-39(33-31-36)50-52-49(38-20-8-3-9-21-38)53-51(54-50)44-25-11-10-24-42(44)40-22-14-23-41(34-40)55-46-28-13-12-26-45(46)48-43(27-15-29-47(48)55)37-18-6-2-7-19-37/h1-34H. The molecule has 0 N–H and O–H groups in total. The molecule has 0 radical (unpaired) electrons. The summed E-state index contributed by atoms with van der Waals surface area (Å²) in [7, 11) is 0. The lowest BCUT2D eigenvalue weighted by molar-refractivity contribution is 1.07. The van der Waals surface area contributed by atoms with E-state index in [9.17, 15) is 0 Å². The van der Waals surface area contributed by atoms with Crippen molar-refractivity contribution in [1.82, 2.24) is 19.5 Å². The molecule has 0 bridgehead atoms. The van der Waals surface area contributed by atoms with E-state index in [2.05, 4.69) is 174 Å². The molecule has 0 aliphatic carbocycles. The Morgan fingerprint density at radius 1 is 0.291 bits per heavy atom. The number of hydrogen-bond donors (Lipinski definition) is 0. The highest BCUT2D eigenvalue weighted by molar-refractivity contribution is 6.15. The van der Waals surface area contributed by atoms with Crippen LogP contribution < -0.4 is 0 Å². The van der Waals surface area contributed by atoms with Crippen molar-refractivity contribution < 1.29 is 0 Å². The van der Waals surface area contributed by atoms with Crippen molar-refractivity contribution in [2.75, 3.05) is 0 Å². The predicted molar refractivity (Wildman–Crippen MR) is 227 cm³/mol. The van der Waals surface area contributed by atoms with Crippen molar-refractivity contribution in [1.29, 1.82) is 0 Å². The molecule has 2 heterocycles. The highest BCUT2D eigenvalue weighted by Gasteiger charge is 2.19. The van der Waals surface area contributed by atoms with E-state index in [0.717, 1.165) is 39.1 Å². The zero-order valence-electron chi connectivity index (χ0n) is 29.9. The third-order valence-corrected chi connectivity index (χ3v) is 10.3. The van der Waals surface area contributed by atoms with Gasteiger partial charge in [-0.05, 0) is 57.6 Å². The van der Waals surface area contributed by atoms with Crippen LogP contribution >= 0.6 is 0 Å². The van der Waals surface area contributed by atoms with Crippen LogP contribution in [-0.2, 0) is 0 Å². The van der Waals surface area contributed by atoms with E-state index in [0.29, 0.717) is 17.5 Å². The second kappa shape index (κ2) is 13.8. The van der Waals surface area contributed by atoms with Gasteiger partial charge in [-0.15, -0.1) is 0 Å². The number of aromatic nitrogens is 4. The molecule has 0 saturated carbocycles. The van der Waals surface area contributed by atoms with Gasteiger partial charge in [-0.1, -0.05) is 182 Å². The number of hydrogen-bond acceptors (Lipinski definition) is 3. The quantitative estimate of drug-likeness (QED) is 0.166. The fraction of sp³-hybridized carbons (Fsp3) is 0. The Kier molecular flexibility index (Phi) is 8.12. The van der Waals surface area contributed by atoms with Gasteiger partial charge in [0.15, 0.2) is 17.5 Å². The molecule has 0 aliphatic rings. The topological polar surface area (TPSA) is 43.6 Å². The van der Waals surface area contributed by atoms with Gasteiger partial charge in [0.05, 0.1) is 11.0 Å². The van der Waals surface area contributed by atoms with Gasteiger partial charge in [-0.25, -0.2) is 15.0 Å². The number of nitrogens with zero attached hydrogens (tertiary/aromatic N) is 4. The molecule has 2 aromatic heterocycles. The predicted octanol–water partition coefficient (Wildman–Crippen LogP) is 13.0. The fourth-order valence-electron chi connectivity index (χ4n) is 7.68. The van der Waals surface area contributed by atoms with Crippen molar-refractivity contribution in [3.63, 3.8) is 0 Å². The van der Waals surface area contributed by atoms with Crippen molar-refractivity contribution in [2.24, 2.45) is 0 Å². The maximum Gasteiger partial charge on any atom is 0.164 e. The summed E-state index contributed by atoms with van der Waals surface area (Å²) in [6.45, 7) is 0. The van der Waals surface area contributed by atoms with Crippen LogP contribution in [0.4, 0.5) is 0 Å². The van der Waals surface area contributed by atoms with Crippen LogP contribution in [0.1, 0.15) is 0 Å². The molecule has 0 fully saturated rings. The molecule has 55 heavy (non-hydrogen) atoms. The molecule has 0 saturated heterocycles. The Labute approximate surface area is 319 Å². The minimum atomic E-state index is 0.626. The second-order valence-electron chi connectivity index (χ2n) is 13.6. The summed E-state index contributed by atoms with van der Waals surface area (Å²) < 4.78 is 2.39. The average molecular weight is 703 g/mol. The molecule has 0 aliphatic heterocycles. The Morgan fingerprint density at radius 2 is 0.764 bits per heavy atom. The minimum Gasteiger partial charge on any atom is -0.309 e. The summed E-state index contributed by atoms with van der Waals surface area (Å²) in [5.74, 6) is 1.89. The molecular weight excluding hydrogens is 669 g/mol. The monoisotopic (exact) mass is 702 g/mol. The number of rotatable bonds is 7.